The Labute approximate surface area is 135 Å². The van der Waals surface area contributed by atoms with Gasteiger partial charge in [-0.25, -0.2) is 4.79 Å². The van der Waals surface area contributed by atoms with Crippen LogP contribution in [0.3, 0.4) is 0 Å². The summed E-state index contributed by atoms with van der Waals surface area (Å²) in [7, 11) is 0. The maximum atomic E-state index is 12.4. The van der Waals surface area contributed by atoms with Crippen LogP contribution in [-0.2, 0) is 16.0 Å². The van der Waals surface area contributed by atoms with E-state index in [0.717, 1.165) is 18.4 Å². The van der Waals surface area contributed by atoms with Crippen LogP contribution in [0, 0.1) is 0 Å². The van der Waals surface area contributed by atoms with E-state index in [1.165, 1.54) is 10.8 Å². The molecule has 0 spiro atoms. The van der Waals surface area contributed by atoms with E-state index in [1.54, 1.807) is 4.90 Å². The number of carbonyl (C=O) groups excluding carboxylic acids is 1. The molecule has 3 rings (SSSR count). The van der Waals surface area contributed by atoms with Crippen LogP contribution in [0.2, 0.25) is 0 Å². The third-order valence-electron chi connectivity index (χ3n) is 4.55. The van der Waals surface area contributed by atoms with Crippen LogP contribution < -0.4 is 0 Å². The quantitative estimate of drug-likeness (QED) is 0.943. The van der Waals surface area contributed by atoms with Crippen molar-refractivity contribution in [2.75, 3.05) is 6.54 Å². The number of hydrogen-bond donors (Lipinski definition) is 1. The van der Waals surface area contributed by atoms with Crippen molar-refractivity contribution in [1.29, 1.82) is 0 Å². The molecule has 1 fully saturated rings. The monoisotopic (exact) mass is 311 g/mol. The first-order chi connectivity index (χ1) is 11.1. The Balaban J connectivity index is 1.66. The predicted molar refractivity (Wildman–Crippen MR) is 89.3 cm³/mol. The molecule has 1 aliphatic heterocycles. The van der Waals surface area contributed by atoms with Crippen LogP contribution in [0.1, 0.15) is 31.2 Å². The first kappa shape index (κ1) is 15.5. The van der Waals surface area contributed by atoms with E-state index in [-0.39, 0.29) is 5.91 Å². The largest absolute Gasteiger partial charge is 0.480 e. The highest BCUT2D eigenvalue weighted by Gasteiger charge is 2.31. The zero-order valence-electron chi connectivity index (χ0n) is 13.1. The summed E-state index contributed by atoms with van der Waals surface area (Å²) in [6.45, 7) is 0.563. The van der Waals surface area contributed by atoms with Crippen LogP contribution in [0.15, 0.2) is 42.5 Å². The Morgan fingerprint density at radius 2 is 1.87 bits per heavy atom. The number of aryl methyl sites for hydroxylation is 1. The molecular weight excluding hydrogens is 290 g/mol. The summed E-state index contributed by atoms with van der Waals surface area (Å²) in [6.07, 6.45) is 3.35. The van der Waals surface area contributed by atoms with Crippen LogP contribution in [0.25, 0.3) is 10.8 Å². The van der Waals surface area contributed by atoms with Crippen LogP contribution in [0.4, 0.5) is 0 Å². The Morgan fingerprint density at radius 1 is 1.09 bits per heavy atom. The van der Waals surface area contributed by atoms with Gasteiger partial charge in [0.2, 0.25) is 5.91 Å². The number of nitrogens with zero attached hydrogens (tertiary/aromatic N) is 1. The van der Waals surface area contributed by atoms with Gasteiger partial charge < -0.3 is 10.0 Å². The molecule has 1 heterocycles. The number of carbonyl (C=O) groups is 2. The molecule has 120 valence electrons. The van der Waals surface area contributed by atoms with Gasteiger partial charge in [-0.2, -0.15) is 0 Å². The topological polar surface area (TPSA) is 57.6 Å². The van der Waals surface area contributed by atoms with E-state index in [1.807, 2.05) is 18.2 Å². The molecular formula is C19H21NO3. The van der Waals surface area contributed by atoms with Crippen LogP contribution in [0.5, 0.6) is 0 Å². The van der Waals surface area contributed by atoms with E-state index in [2.05, 4.69) is 24.3 Å². The van der Waals surface area contributed by atoms with Crippen LogP contribution in [-0.4, -0.2) is 34.5 Å². The number of likely N-dealkylation sites (tertiary alicyclic amines) is 1. The molecule has 4 heteroatoms. The molecule has 0 saturated carbocycles. The standard InChI is InChI=1S/C19H21NO3/c21-18(20-12-4-3-7-17(20)19(22)23)11-9-14-8-10-15-5-1-2-6-16(15)13-14/h1-2,5-6,8,10,13,17H,3-4,7,9,11-12H2,(H,22,23). The fraction of sp³-hybridized carbons (Fsp3) is 0.368. The molecule has 0 radical (unpaired) electrons. The number of benzene rings is 2. The fourth-order valence-electron chi connectivity index (χ4n) is 3.28. The molecule has 2 aromatic carbocycles. The highest BCUT2D eigenvalue weighted by atomic mass is 16.4. The summed E-state index contributed by atoms with van der Waals surface area (Å²) in [5.41, 5.74) is 1.11. The second kappa shape index (κ2) is 6.82. The lowest BCUT2D eigenvalue weighted by Crippen LogP contribution is -2.48. The molecule has 2 aromatic rings. The molecule has 0 bridgehead atoms. The van der Waals surface area contributed by atoms with Crippen molar-refractivity contribution >= 4 is 22.6 Å². The van der Waals surface area contributed by atoms with Gasteiger partial charge in [-0.1, -0.05) is 42.5 Å². The molecule has 1 unspecified atom stereocenters. The van der Waals surface area contributed by atoms with Crippen LogP contribution >= 0.6 is 0 Å². The van der Waals surface area contributed by atoms with Crippen molar-refractivity contribution in [2.45, 2.75) is 38.1 Å². The van der Waals surface area contributed by atoms with Crippen molar-refractivity contribution < 1.29 is 14.7 Å². The number of hydrogen-bond acceptors (Lipinski definition) is 2. The van der Waals surface area contributed by atoms with Crippen molar-refractivity contribution in [3.63, 3.8) is 0 Å². The predicted octanol–water partition coefficient (Wildman–Crippen LogP) is 3.24. The molecule has 0 aliphatic carbocycles. The van der Waals surface area contributed by atoms with Gasteiger partial charge in [0, 0.05) is 13.0 Å². The average Bonchev–Trinajstić information content (AvgIpc) is 2.59. The maximum Gasteiger partial charge on any atom is 0.326 e. The summed E-state index contributed by atoms with van der Waals surface area (Å²) in [5, 5.41) is 11.6. The molecule has 1 atom stereocenters. The lowest BCUT2D eigenvalue weighted by atomic mass is 10.00. The van der Waals surface area contributed by atoms with E-state index in [0.29, 0.717) is 25.8 Å². The fourth-order valence-corrected chi connectivity index (χ4v) is 3.28. The molecule has 1 N–H and O–H groups in total. The van der Waals surface area contributed by atoms with Gasteiger partial charge in [0.25, 0.3) is 0 Å². The van der Waals surface area contributed by atoms with Gasteiger partial charge >= 0.3 is 5.97 Å². The zero-order valence-corrected chi connectivity index (χ0v) is 13.1. The summed E-state index contributed by atoms with van der Waals surface area (Å²) < 4.78 is 0. The number of carboxylic acid groups (broad SMARTS) is 1. The van der Waals surface area contributed by atoms with Gasteiger partial charge in [0.15, 0.2) is 0 Å². The minimum Gasteiger partial charge on any atom is -0.480 e. The molecule has 4 nitrogen and oxygen atoms in total. The first-order valence-corrected chi connectivity index (χ1v) is 8.15. The molecule has 1 amide bonds. The third-order valence-corrected chi connectivity index (χ3v) is 4.55. The number of carboxylic acids is 1. The van der Waals surface area contributed by atoms with Crippen molar-refractivity contribution in [3.05, 3.63) is 48.0 Å². The second-order valence-corrected chi connectivity index (χ2v) is 6.12. The summed E-state index contributed by atoms with van der Waals surface area (Å²) in [5.74, 6) is -0.936. The minimum atomic E-state index is -0.885. The van der Waals surface area contributed by atoms with E-state index in [9.17, 15) is 14.7 Å². The Hall–Kier alpha value is -2.36. The zero-order chi connectivity index (χ0) is 16.2. The Morgan fingerprint density at radius 3 is 2.65 bits per heavy atom. The van der Waals surface area contributed by atoms with Crippen molar-refractivity contribution in [2.24, 2.45) is 0 Å². The van der Waals surface area contributed by atoms with Gasteiger partial charge in [0.05, 0.1) is 0 Å². The van der Waals surface area contributed by atoms with Gasteiger partial charge in [-0.05, 0) is 42.0 Å². The van der Waals surface area contributed by atoms with Crippen molar-refractivity contribution in [1.82, 2.24) is 4.90 Å². The third kappa shape index (κ3) is 3.52. The Kier molecular flexibility index (Phi) is 4.60. The number of piperidine rings is 1. The van der Waals surface area contributed by atoms with E-state index < -0.39 is 12.0 Å². The van der Waals surface area contributed by atoms with Gasteiger partial charge in [0.1, 0.15) is 6.04 Å². The molecule has 0 aromatic heterocycles. The lowest BCUT2D eigenvalue weighted by Gasteiger charge is -2.33. The van der Waals surface area contributed by atoms with Gasteiger partial charge in [-0.15, -0.1) is 0 Å². The average molecular weight is 311 g/mol. The molecule has 1 saturated heterocycles. The molecule has 1 aliphatic rings. The normalized spacial score (nSPS) is 18.1. The number of amides is 1. The summed E-state index contributed by atoms with van der Waals surface area (Å²) in [6, 6.07) is 13.7. The van der Waals surface area contributed by atoms with E-state index in [4.69, 9.17) is 0 Å². The highest BCUT2D eigenvalue weighted by molar-refractivity contribution is 5.85. The molecule has 23 heavy (non-hydrogen) atoms. The number of fused-ring (bicyclic) bond motifs is 1. The van der Waals surface area contributed by atoms with Crippen molar-refractivity contribution in [3.8, 4) is 0 Å². The summed E-state index contributed by atoms with van der Waals surface area (Å²) in [4.78, 5) is 25.3. The second-order valence-electron chi connectivity index (χ2n) is 6.12. The first-order valence-electron chi connectivity index (χ1n) is 8.15. The maximum absolute atomic E-state index is 12.4. The number of aliphatic carboxylic acids is 1. The number of rotatable bonds is 4. The van der Waals surface area contributed by atoms with E-state index >= 15 is 0 Å². The lowest BCUT2D eigenvalue weighted by molar-refractivity contribution is -0.152. The summed E-state index contributed by atoms with van der Waals surface area (Å²) >= 11 is 0. The SMILES string of the molecule is O=C(O)C1CCCCN1C(=O)CCc1ccc2ccccc2c1. The highest BCUT2D eigenvalue weighted by Crippen LogP contribution is 2.20. The smallest absolute Gasteiger partial charge is 0.326 e. The minimum absolute atomic E-state index is 0.0507. The Bertz CT molecular complexity index is 725. The van der Waals surface area contributed by atoms with Gasteiger partial charge in [-0.3, -0.25) is 4.79 Å².